The largest absolute Gasteiger partial charge is 0.338 e. The van der Waals surface area contributed by atoms with Crippen LogP contribution in [-0.4, -0.2) is 31.1 Å². The van der Waals surface area contributed by atoms with Gasteiger partial charge in [0.15, 0.2) is 6.33 Å². The van der Waals surface area contributed by atoms with E-state index in [9.17, 15) is 4.79 Å². The van der Waals surface area contributed by atoms with Gasteiger partial charge in [0.25, 0.3) is 5.56 Å². The molecule has 1 unspecified atom stereocenters. The molecule has 1 aromatic carbocycles. The predicted octanol–water partition coefficient (Wildman–Crippen LogP) is 1.65. The Hall–Kier alpha value is -2.54. The molecule has 3 aromatic rings. The van der Waals surface area contributed by atoms with Crippen molar-refractivity contribution in [3.63, 3.8) is 0 Å². The molecular formula is C16H17N5O2. The Kier molecular flexibility index (Phi) is 3.42. The minimum Gasteiger partial charge on any atom is -0.338 e. The molecule has 1 aliphatic rings. The highest BCUT2D eigenvalue weighted by Crippen LogP contribution is 2.31. The molecular weight excluding hydrogens is 294 g/mol. The molecule has 0 bridgehead atoms. The smallest absolute Gasteiger partial charge is 0.261 e. The van der Waals surface area contributed by atoms with Gasteiger partial charge in [-0.1, -0.05) is 17.3 Å². The van der Waals surface area contributed by atoms with Gasteiger partial charge in [-0.3, -0.25) is 14.3 Å². The van der Waals surface area contributed by atoms with Crippen molar-refractivity contribution in [1.29, 1.82) is 0 Å². The van der Waals surface area contributed by atoms with Crippen LogP contribution in [0, 0.1) is 0 Å². The van der Waals surface area contributed by atoms with E-state index in [1.165, 1.54) is 6.33 Å². The van der Waals surface area contributed by atoms with Gasteiger partial charge in [-0.05, 0) is 31.5 Å². The first kappa shape index (κ1) is 14.1. The molecule has 0 saturated carbocycles. The molecule has 0 radical (unpaired) electrons. The lowest BCUT2D eigenvalue weighted by Gasteiger charge is -2.24. The summed E-state index contributed by atoms with van der Waals surface area (Å²) in [6.45, 7) is 1.50. The summed E-state index contributed by atoms with van der Waals surface area (Å²) in [5.41, 5.74) is 0.741. The summed E-state index contributed by atoms with van der Waals surface area (Å²) in [7, 11) is 1.79. The second-order valence-electron chi connectivity index (χ2n) is 5.81. The quantitative estimate of drug-likeness (QED) is 0.732. The van der Waals surface area contributed by atoms with Crippen LogP contribution in [0.4, 0.5) is 0 Å². The van der Waals surface area contributed by atoms with Crippen LogP contribution >= 0.6 is 0 Å². The average Bonchev–Trinajstić information content (AvgIpc) is 3.23. The van der Waals surface area contributed by atoms with Crippen molar-refractivity contribution in [3.8, 4) is 0 Å². The van der Waals surface area contributed by atoms with Crippen molar-refractivity contribution >= 4 is 10.9 Å². The standard InChI is InChI=1S/C16H17N5O2/c1-20-15(19-12-6-3-2-5-11(12)16(20)22)13-7-4-8-21(13)9-14-17-10-18-23-14/h2-3,5-6,10,13H,4,7-9H2,1H3. The molecule has 3 heterocycles. The Bertz CT molecular complexity index is 887. The number of benzene rings is 1. The Morgan fingerprint density at radius 3 is 3.04 bits per heavy atom. The first-order valence-electron chi connectivity index (χ1n) is 7.69. The Labute approximate surface area is 132 Å². The van der Waals surface area contributed by atoms with E-state index in [-0.39, 0.29) is 11.6 Å². The zero-order chi connectivity index (χ0) is 15.8. The third-order valence-corrected chi connectivity index (χ3v) is 4.42. The molecule has 1 fully saturated rings. The molecule has 118 valence electrons. The molecule has 0 amide bonds. The predicted molar refractivity (Wildman–Crippen MR) is 83.7 cm³/mol. The number of nitrogens with zero attached hydrogens (tertiary/aromatic N) is 5. The van der Waals surface area contributed by atoms with Crippen LogP contribution in [0.1, 0.15) is 30.6 Å². The second-order valence-corrected chi connectivity index (χ2v) is 5.81. The summed E-state index contributed by atoms with van der Waals surface area (Å²) in [5, 5.41) is 4.30. The van der Waals surface area contributed by atoms with Crippen LogP contribution in [0.5, 0.6) is 0 Å². The average molecular weight is 311 g/mol. The first-order valence-corrected chi connectivity index (χ1v) is 7.69. The van der Waals surface area contributed by atoms with E-state index in [2.05, 4.69) is 15.0 Å². The summed E-state index contributed by atoms with van der Waals surface area (Å²) in [5.74, 6) is 1.38. The lowest BCUT2D eigenvalue weighted by Crippen LogP contribution is -2.30. The highest BCUT2D eigenvalue weighted by Gasteiger charge is 2.30. The zero-order valence-corrected chi connectivity index (χ0v) is 12.8. The maximum atomic E-state index is 12.6. The summed E-state index contributed by atoms with van der Waals surface area (Å²) >= 11 is 0. The van der Waals surface area contributed by atoms with Crippen molar-refractivity contribution in [2.75, 3.05) is 6.54 Å². The van der Waals surface area contributed by atoms with Crippen molar-refractivity contribution in [3.05, 3.63) is 52.7 Å². The summed E-state index contributed by atoms with van der Waals surface area (Å²) < 4.78 is 6.78. The van der Waals surface area contributed by atoms with E-state index in [4.69, 9.17) is 9.51 Å². The zero-order valence-electron chi connectivity index (χ0n) is 12.8. The third-order valence-electron chi connectivity index (χ3n) is 4.42. The molecule has 4 rings (SSSR count). The second kappa shape index (κ2) is 5.58. The molecule has 1 atom stereocenters. The van der Waals surface area contributed by atoms with Gasteiger partial charge in [-0.25, -0.2) is 4.98 Å². The highest BCUT2D eigenvalue weighted by molar-refractivity contribution is 5.77. The molecule has 0 N–H and O–H groups in total. The number of aromatic nitrogens is 4. The number of hydrogen-bond donors (Lipinski definition) is 0. The number of likely N-dealkylation sites (tertiary alicyclic amines) is 1. The number of hydrogen-bond acceptors (Lipinski definition) is 6. The van der Waals surface area contributed by atoms with Crippen molar-refractivity contribution < 1.29 is 4.52 Å². The van der Waals surface area contributed by atoms with Crippen molar-refractivity contribution in [2.24, 2.45) is 7.05 Å². The van der Waals surface area contributed by atoms with Gasteiger partial charge in [0.1, 0.15) is 5.82 Å². The van der Waals surface area contributed by atoms with E-state index in [1.807, 2.05) is 24.3 Å². The van der Waals surface area contributed by atoms with Gasteiger partial charge in [-0.2, -0.15) is 4.98 Å². The minimum atomic E-state index is -0.00441. The van der Waals surface area contributed by atoms with E-state index < -0.39 is 0 Å². The van der Waals surface area contributed by atoms with E-state index >= 15 is 0 Å². The molecule has 0 aliphatic carbocycles. The molecule has 1 saturated heterocycles. The molecule has 0 spiro atoms. The fraction of sp³-hybridized carbons (Fsp3) is 0.375. The fourth-order valence-electron chi connectivity index (χ4n) is 3.28. The molecule has 7 nitrogen and oxygen atoms in total. The van der Waals surface area contributed by atoms with Gasteiger partial charge in [0, 0.05) is 7.05 Å². The van der Waals surface area contributed by atoms with E-state index in [0.717, 1.165) is 30.7 Å². The number of fused-ring (bicyclic) bond motifs is 1. The lowest BCUT2D eigenvalue weighted by atomic mass is 10.1. The van der Waals surface area contributed by atoms with Gasteiger partial charge >= 0.3 is 0 Å². The van der Waals surface area contributed by atoms with Crippen LogP contribution in [0.2, 0.25) is 0 Å². The Morgan fingerprint density at radius 2 is 2.22 bits per heavy atom. The van der Waals surface area contributed by atoms with E-state index in [1.54, 1.807) is 11.6 Å². The molecule has 7 heteroatoms. The Morgan fingerprint density at radius 1 is 1.35 bits per heavy atom. The van der Waals surface area contributed by atoms with Crippen LogP contribution in [0.25, 0.3) is 10.9 Å². The van der Waals surface area contributed by atoms with Crippen LogP contribution in [0.15, 0.2) is 39.9 Å². The lowest BCUT2D eigenvalue weighted by molar-refractivity contribution is 0.203. The van der Waals surface area contributed by atoms with Crippen LogP contribution in [0.3, 0.4) is 0 Å². The van der Waals surface area contributed by atoms with Crippen molar-refractivity contribution in [2.45, 2.75) is 25.4 Å². The summed E-state index contributed by atoms with van der Waals surface area (Å²) in [6.07, 6.45) is 3.43. The van der Waals surface area contributed by atoms with Crippen LogP contribution < -0.4 is 5.56 Å². The van der Waals surface area contributed by atoms with Crippen molar-refractivity contribution in [1.82, 2.24) is 24.6 Å². The topological polar surface area (TPSA) is 77.1 Å². The van der Waals surface area contributed by atoms with E-state index in [0.29, 0.717) is 17.8 Å². The van der Waals surface area contributed by atoms with Gasteiger partial charge in [0.2, 0.25) is 5.89 Å². The SMILES string of the molecule is Cn1c(C2CCCN2Cc2ncno2)nc2ccccc2c1=O. The summed E-state index contributed by atoms with van der Waals surface area (Å²) in [4.78, 5) is 23.7. The van der Waals surface area contributed by atoms with Crippen LogP contribution in [-0.2, 0) is 13.6 Å². The van der Waals surface area contributed by atoms with Gasteiger partial charge in [0.05, 0.1) is 23.5 Å². The molecule has 1 aliphatic heterocycles. The normalized spacial score (nSPS) is 18.7. The molecule has 23 heavy (non-hydrogen) atoms. The van der Waals surface area contributed by atoms with Gasteiger partial charge in [-0.15, -0.1) is 0 Å². The maximum Gasteiger partial charge on any atom is 0.261 e. The minimum absolute atomic E-state index is 0.00441. The fourth-order valence-corrected chi connectivity index (χ4v) is 3.28. The summed E-state index contributed by atoms with van der Waals surface area (Å²) in [6, 6.07) is 7.56. The Balaban J connectivity index is 1.75. The maximum absolute atomic E-state index is 12.6. The number of rotatable bonds is 3. The number of para-hydroxylation sites is 1. The van der Waals surface area contributed by atoms with Gasteiger partial charge < -0.3 is 4.52 Å². The monoisotopic (exact) mass is 311 g/mol. The third kappa shape index (κ3) is 2.43. The first-order chi connectivity index (χ1) is 11.2. The highest BCUT2D eigenvalue weighted by atomic mass is 16.5. The molecule has 2 aromatic heterocycles.